The summed E-state index contributed by atoms with van der Waals surface area (Å²) in [6, 6.07) is 7.97. The maximum atomic E-state index is 12.0. The average molecular weight is 276 g/mol. The zero-order valence-electron chi connectivity index (χ0n) is 12.5. The van der Waals surface area contributed by atoms with E-state index in [0.717, 1.165) is 43.9 Å². The predicted octanol–water partition coefficient (Wildman–Crippen LogP) is 1.93. The minimum Gasteiger partial charge on any atom is -0.493 e. The molecule has 0 bridgehead atoms. The van der Waals surface area contributed by atoms with Crippen LogP contribution in [0.3, 0.4) is 0 Å². The van der Waals surface area contributed by atoms with E-state index in [1.54, 1.807) is 0 Å². The van der Waals surface area contributed by atoms with Crippen LogP contribution < -0.4 is 4.74 Å². The lowest BCUT2D eigenvalue weighted by atomic mass is 10.2. The summed E-state index contributed by atoms with van der Waals surface area (Å²) in [5.74, 6) is 1.17. The first kappa shape index (κ1) is 14.9. The zero-order chi connectivity index (χ0) is 14.4. The number of likely N-dealkylation sites (N-methyl/N-ethyl adjacent to an activating group) is 1. The molecule has 20 heavy (non-hydrogen) atoms. The van der Waals surface area contributed by atoms with Crippen molar-refractivity contribution in [2.24, 2.45) is 0 Å². The van der Waals surface area contributed by atoms with Gasteiger partial charge in [-0.3, -0.25) is 4.79 Å². The SMILES string of the molecule is Cc1ccccc1OCCCC(=O)N1CCN(C)CC1. The molecule has 0 aromatic heterocycles. The number of amides is 1. The Bertz CT molecular complexity index is 440. The van der Waals surface area contributed by atoms with Gasteiger partial charge in [0.25, 0.3) is 0 Å². The van der Waals surface area contributed by atoms with Gasteiger partial charge in [-0.25, -0.2) is 0 Å². The number of ether oxygens (including phenoxy) is 1. The summed E-state index contributed by atoms with van der Waals surface area (Å²) < 4.78 is 5.71. The lowest BCUT2D eigenvalue weighted by molar-refractivity contribution is -0.133. The van der Waals surface area contributed by atoms with E-state index >= 15 is 0 Å². The third-order valence-electron chi connectivity index (χ3n) is 3.74. The fraction of sp³-hybridized carbons (Fsp3) is 0.562. The number of aryl methyl sites for hydroxylation is 1. The quantitative estimate of drug-likeness (QED) is 0.770. The number of para-hydroxylation sites is 1. The van der Waals surface area contributed by atoms with Gasteiger partial charge in [-0.05, 0) is 32.0 Å². The molecule has 4 nitrogen and oxygen atoms in total. The van der Waals surface area contributed by atoms with Crippen molar-refractivity contribution < 1.29 is 9.53 Å². The second-order valence-corrected chi connectivity index (χ2v) is 5.40. The predicted molar refractivity (Wildman–Crippen MR) is 80.0 cm³/mol. The average Bonchev–Trinajstić information content (AvgIpc) is 2.46. The third kappa shape index (κ3) is 4.23. The molecule has 1 aromatic carbocycles. The molecule has 2 rings (SSSR count). The van der Waals surface area contributed by atoms with Gasteiger partial charge in [0.1, 0.15) is 5.75 Å². The number of carbonyl (C=O) groups excluding carboxylic acids is 1. The molecule has 0 aliphatic carbocycles. The molecule has 1 amide bonds. The molecule has 1 aromatic rings. The third-order valence-corrected chi connectivity index (χ3v) is 3.74. The van der Waals surface area contributed by atoms with Gasteiger partial charge < -0.3 is 14.5 Å². The largest absolute Gasteiger partial charge is 0.493 e. The topological polar surface area (TPSA) is 32.8 Å². The van der Waals surface area contributed by atoms with Crippen molar-refractivity contribution in [1.82, 2.24) is 9.80 Å². The summed E-state index contributed by atoms with van der Waals surface area (Å²) in [7, 11) is 2.10. The van der Waals surface area contributed by atoms with Gasteiger partial charge in [-0.1, -0.05) is 18.2 Å². The van der Waals surface area contributed by atoms with Gasteiger partial charge in [0.2, 0.25) is 5.91 Å². The maximum Gasteiger partial charge on any atom is 0.222 e. The Morgan fingerprint density at radius 1 is 1.20 bits per heavy atom. The maximum absolute atomic E-state index is 12.0. The number of carbonyl (C=O) groups is 1. The molecule has 0 radical (unpaired) electrons. The highest BCUT2D eigenvalue weighted by Gasteiger charge is 2.18. The normalized spacial score (nSPS) is 16.2. The number of hydrogen-bond donors (Lipinski definition) is 0. The van der Waals surface area contributed by atoms with E-state index < -0.39 is 0 Å². The number of rotatable bonds is 5. The number of benzene rings is 1. The fourth-order valence-corrected chi connectivity index (χ4v) is 2.34. The molecular weight excluding hydrogens is 252 g/mol. The van der Waals surface area contributed by atoms with Crippen molar-refractivity contribution in [3.05, 3.63) is 29.8 Å². The van der Waals surface area contributed by atoms with Crippen LogP contribution >= 0.6 is 0 Å². The Kier molecular flexibility index (Phi) is 5.41. The van der Waals surface area contributed by atoms with Crippen molar-refractivity contribution in [3.8, 4) is 5.75 Å². The Morgan fingerprint density at radius 2 is 1.90 bits per heavy atom. The highest BCUT2D eigenvalue weighted by Crippen LogP contribution is 2.16. The minimum atomic E-state index is 0.256. The first-order valence-electron chi connectivity index (χ1n) is 7.31. The molecule has 0 unspecified atom stereocenters. The van der Waals surface area contributed by atoms with E-state index in [4.69, 9.17) is 4.74 Å². The fourth-order valence-electron chi connectivity index (χ4n) is 2.34. The summed E-state index contributed by atoms with van der Waals surface area (Å²) in [4.78, 5) is 16.3. The molecule has 1 aliphatic heterocycles. The molecule has 1 heterocycles. The smallest absolute Gasteiger partial charge is 0.222 e. The lowest BCUT2D eigenvalue weighted by Gasteiger charge is -2.32. The van der Waals surface area contributed by atoms with E-state index in [1.165, 1.54) is 0 Å². The van der Waals surface area contributed by atoms with Crippen LogP contribution in [0.2, 0.25) is 0 Å². The second-order valence-electron chi connectivity index (χ2n) is 5.40. The van der Waals surface area contributed by atoms with Crippen molar-refractivity contribution >= 4 is 5.91 Å². The second kappa shape index (κ2) is 7.29. The monoisotopic (exact) mass is 276 g/mol. The Labute approximate surface area is 121 Å². The Hall–Kier alpha value is -1.55. The van der Waals surface area contributed by atoms with Gasteiger partial charge in [-0.15, -0.1) is 0 Å². The summed E-state index contributed by atoms with van der Waals surface area (Å²) in [5.41, 5.74) is 1.14. The van der Waals surface area contributed by atoms with Gasteiger partial charge in [0.15, 0.2) is 0 Å². The number of nitrogens with zero attached hydrogens (tertiary/aromatic N) is 2. The van der Waals surface area contributed by atoms with E-state index in [2.05, 4.69) is 11.9 Å². The van der Waals surface area contributed by atoms with Gasteiger partial charge in [0, 0.05) is 32.6 Å². The molecule has 110 valence electrons. The first-order chi connectivity index (χ1) is 9.66. The van der Waals surface area contributed by atoms with Crippen molar-refractivity contribution in [1.29, 1.82) is 0 Å². The van der Waals surface area contributed by atoms with Crippen LogP contribution in [0.5, 0.6) is 5.75 Å². The van der Waals surface area contributed by atoms with Crippen molar-refractivity contribution in [3.63, 3.8) is 0 Å². The Balaban J connectivity index is 1.66. The summed E-state index contributed by atoms with van der Waals surface area (Å²) >= 11 is 0. The van der Waals surface area contributed by atoms with Crippen LogP contribution in [-0.2, 0) is 4.79 Å². The Morgan fingerprint density at radius 3 is 2.60 bits per heavy atom. The molecule has 1 aliphatic rings. The van der Waals surface area contributed by atoms with Gasteiger partial charge in [0.05, 0.1) is 6.61 Å². The lowest BCUT2D eigenvalue weighted by Crippen LogP contribution is -2.47. The van der Waals surface area contributed by atoms with Gasteiger partial charge >= 0.3 is 0 Å². The first-order valence-corrected chi connectivity index (χ1v) is 7.31. The van der Waals surface area contributed by atoms with Gasteiger partial charge in [-0.2, -0.15) is 0 Å². The molecule has 0 N–H and O–H groups in total. The standard InChI is InChI=1S/C16H24N2O2/c1-14-6-3-4-7-15(14)20-13-5-8-16(19)18-11-9-17(2)10-12-18/h3-4,6-7H,5,8-13H2,1-2H3. The molecule has 4 heteroatoms. The van der Waals surface area contributed by atoms with Crippen LogP contribution in [0.4, 0.5) is 0 Å². The van der Waals surface area contributed by atoms with Crippen LogP contribution in [-0.4, -0.2) is 55.5 Å². The minimum absolute atomic E-state index is 0.256. The summed E-state index contributed by atoms with van der Waals surface area (Å²) in [6.45, 7) is 6.30. The van der Waals surface area contributed by atoms with E-state index in [1.807, 2.05) is 36.1 Å². The highest BCUT2D eigenvalue weighted by atomic mass is 16.5. The van der Waals surface area contributed by atoms with Crippen LogP contribution in [0.25, 0.3) is 0 Å². The van der Waals surface area contributed by atoms with Crippen molar-refractivity contribution in [2.45, 2.75) is 19.8 Å². The number of hydrogen-bond acceptors (Lipinski definition) is 3. The molecule has 0 atom stereocenters. The molecular formula is C16H24N2O2. The zero-order valence-corrected chi connectivity index (χ0v) is 12.5. The molecule has 1 saturated heterocycles. The molecule has 1 fully saturated rings. The van der Waals surface area contributed by atoms with Crippen molar-refractivity contribution in [2.75, 3.05) is 39.8 Å². The highest BCUT2D eigenvalue weighted by molar-refractivity contribution is 5.76. The molecule has 0 spiro atoms. The van der Waals surface area contributed by atoms with Crippen LogP contribution in [0.1, 0.15) is 18.4 Å². The van der Waals surface area contributed by atoms with Crippen LogP contribution in [0.15, 0.2) is 24.3 Å². The molecule has 0 saturated carbocycles. The van der Waals surface area contributed by atoms with E-state index in [0.29, 0.717) is 13.0 Å². The summed E-state index contributed by atoms with van der Waals surface area (Å²) in [5, 5.41) is 0. The van der Waals surface area contributed by atoms with E-state index in [-0.39, 0.29) is 5.91 Å². The van der Waals surface area contributed by atoms with E-state index in [9.17, 15) is 4.79 Å². The number of piperazine rings is 1. The summed E-state index contributed by atoms with van der Waals surface area (Å²) in [6.07, 6.45) is 1.36. The van der Waals surface area contributed by atoms with Crippen LogP contribution in [0, 0.1) is 6.92 Å².